The second-order valence-corrected chi connectivity index (χ2v) is 8.01. The summed E-state index contributed by atoms with van der Waals surface area (Å²) in [6, 6.07) is 11.8. The third kappa shape index (κ3) is 4.62. The van der Waals surface area contributed by atoms with Crippen molar-refractivity contribution in [2.75, 3.05) is 0 Å². The number of alkyl halides is 3. The molecule has 0 spiro atoms. The fourth-order valence-electron chi connectivity index (χ4n) is 2.99. The van der Waals surface area contributed by atoms with Crippen LogP contribution in [0.1, 0.15) is 0 Å². The summed E-state index contributed by atoms with van der Waals surface area (Å²) in [6.07, 6.45) is -0.749. The molecule has 4 rings (SSSR count). The molecule has 0 saturated heterocycles. The van der Waals surface area contributed by atoms with Crippen LogP contribution in [0.15, 0.2) is 72.0 Å². The molecule has 4 aromatic rings. The molecule has 0 fully saturated rings. The van der Waals surface area contributed by atoms with Crippen molar-refractivity contribution in [3.63, 3.8) is 0 Å². The first-order valence-corrected chi connectivity index (χ1v) is 10.2. The van der Waals surface area contributed by atoms with Crippen molar-refractivity contribution >= 4 is 21.1 Å². The van der Waals surface area contributed by atoms with Crippen molar-refractivity contribution in [2.45, 2.75) is 11.3 Å². The highest BCUT2D eigenvalue weighted by Crippen LogP contribution is 2.32. The van der Waals surface area contributed by atoms with Crippen molar-refractivity contribution in [2.24, 2.45) is 5.14 Å². The van der Waals surface area contributed by atoms with Gasteiger partial charge in [0, 0.05) is 29.7 Å². The first-order valence-electron chi connectivity index (χ1n) is 8.70. The topological polar surface area (TPSA) is 108 Å². The Morgan fingerprint density at radius 1 is 0.968 bits per heavy atom. The van der Waals surface area contributed by atoms with Gasteiger partial charge in [-0.1, -0.05) is 12.1 Å². The van der Waals surface area contributed by atoms with Crippen molar-refractivity contribution in [3.05, 3.63) is 67.1 Å². The number of hydrogen-bond donors (Lipinski definition) is 1. The van der Waals surface area contributed by atoms with Crippen LogP contribution in [0, 0.1) is 0 Å². The molecule has 0 atom stereocenters. The average molecular weight is 446 g/mol. The molecule has 3 heterocycles. The van der Waals surface area contributed by atoms with Crippen LogP contribution in [0.25, 0.3) is 33.4 Å². The molecule has 0 radical (unpaired) electrons. The molecule has 0 aliphatic rings. The minimum absolute atomic E-state index is 0.171. The molecule has 0 amide bonds. The van der Waals surface area contributed by atoms with E-state index in [9.17, 15) is 21.6 Å². The Kier molecular flexibility index (Phi) is 5.07. The summed E-state index contributed by atoms with van der Waals surface area (Å²) in [6.45, 7) is 0. The zero-order valence-corrected chi connectivity index (χ0v) is 16.4. The fraction of sp³-hybridized carbons (Fsp3) is 0.0500. The predicted octanol–water partition coefficient (Wildman–Crippen LogP) is 3.90. The summed E-state index contributed by atoms with van der Waals surface area (Å²) in [5.41, 5.74) is 2.66. The molecule has 0 unspecified atom stereocenters. The minimum Gasteiger partial charge on any atom is -0.406 e. The number of fused-ring (bicyclic) bond motifs is 1. The van der Waals surface area contributed by atoms with E-state index in [2.05, 4.69) is 19.7 Å². The molecular weight excluding hydrogens is 433 g/mol. The molecule has 1 aromatic carbocycles. The molecule has 0 aliphatic carbocycles. The maximum atomic E-state index is 12.6. The van der Waals surface area contributed by atoms with E-state index < -0.39 is 16.4 Å². The Bertz CT molecular complexity index is 1390. The Hall–Kier alpha value is -3.57. The van der Waals surface area contributed by atoms with Gasteiger partial charge in [0.15, 0.2) is 0 Å². The zero-order valence-electron chi connectivity index (χ0n) is 15.5. The van der Waals surface area contributed by atoms with Gasteiger partial charge in [-0.3, -0.25) is 9.97 Å². The molecule has 3 aromatic heterocycles. The third-order valence-corrected chi connectivity index (χ3v) is 5.18. The number of aromatic nitrogens is 3. The number of sulfonamides is 1. The quantitative estimate of drug-likeness (QED) is 0.509. The fourth-order valence-corrected chi connectivity index (χ4v) is 3.49. The summed E-state index contributed by atoms with van der Waals surface area (Å²) in [7, 11) is -3.96. The smallest absolute Gasteiger partial charge is 0.406 e. The molecule has 158 valence electrons. The van der Waals surface area contributed by atoms with Crippen LogP contribution >= 0.6 is 0 Å². The van der Waals surface area contributed by atoms with Gasteiger partial charge in [-0.2, -0.15) is 0 Å². The predicted molar refractivity (Wildman–Crippen MR) is 106 cm³/mol. The number of pyridine rings is 3. The number of nitrogens with two attached hydrogens (primary N) is 1. The van der Waals surface area contributed by atoms with Crippen LogP contribution in [0.3, 0.4) is 0 Å². The maximum Gasteiger partial charge on any atom is 0.573 e. The van der Waals surface area contributed by atoms with Crippen LogP contribution < -0.4 is 9.88 Å². The highest BCUT2D eigenvalue weighted by molar-refractivity contribution is 7.89. The van der Waals surface area contributed by atoms with Crippen LogP contribution in [0.5, 0.6) is 5.75 Å². The normalized spacial score (nSPS) is 12.1. The summed E-state index contributed by atoms with van der Waals surface area (Å²) >= 11 is 0. The van der Waals surface area contributed by atoms with Crippen molar-refractivity contribution in [1.82, 2.24) is 15.0 Å². The van der Waals surface area contributed by atoms with Crippen molar-refractivity contribution in [3.8, 4) is 28.1 Å². The number of rotatable bonds is 4. The number of halogens is 3. The molecule has 2 N–H and O–H groups in total. The molecule has 11 heteroatoms. The van der Waals surface area contributed by atoms with E-state index in [1.807, 2.05) is 0 Å². The number of primary sulfonamides is 1. The Balaban J connectivity index is 1.84. The Morgan fingerprint density at radius 3 is 2.52 bits per heavy atom. The summed E-state index contributed by atoms with van der Waals surface area (Å²) in [5, 5.41) is 5.16. The second kappa shape index (κ2) is 7.60. The molecule has 0 aliphatic heterocycles. The molecule has 0 bridgehead atoms. The number of nitrogens with zero attached hydrogens (tertiary/aromatic N) is 3. The van der Waals surface area contributed by atoms with Gasteiger partial charge in [0.2, 0.25) is 10.0 Å². The maximum absolute atomic E-state index is 12.6. The lowest BCUT2D eigenvalue weighted by atomic mass is 10.0. The molecule has 31 heavy (non-hydrogen) atoms. The summed E-state index contributed by atoms with van der Waals surface area (Å²) in [5.74, 6) is -0.365. The standard InChI is InChI=1S/C20H13F3N4O3S/c21-20(22,23)30-14-3-1-2-12(8-14)16-6-7-26-18-5-4-17(27-19(16)18)13-9-15(11-25-10-13)31(24,28)29/h1-11H,(H2,24,28,29). The highest BCUT2D eigenvalue weighted by atomic mass is 32.2. The third-order valence-electron chi connectivity index (χ3n) is 4.30. The van der Waals surface area contributed by atoms with Gasteiger partial charge in [-0.05, 0) is 42.0 Å². The largest absolute Gasteiger partial charge is 0.573 e. The van der Waals surface area contributed by atoms with E-state index in [0.717, 1.165) is 6.20 Å². The number of ether oxygens (including phenoxy) is 1. The van der Waals surface area contributed by atoms with Crippen LogP contribution in [0.4, 0.5) is 13.2 Å². The Morgan fingerprint density at radius 2 is 1.77 bits per heavy atom. The van der Waals surface area contributed by atoms with Gasteiger partial charge in [-0.25, -0.2) is 18.5 Å². The lowest BCUT2D eigenvalue weighted by Gasteiger charge is -2.11. The lowest BCUT2D eigenvalue weighted by Crippen LogP contribution is -2.17. The van der Waals surface area contributed by atoms with Gasteiger partial charge in [0.1, 0.15) is 10.6 Å². The molecule has 7 nitrogen and oxygen atoms in total. The summed E-state index contributed by atoms with van der Waals surface area (Å²) in [4.78, 5) is 12.5. The monoisotopic (exact) mass is 446 g/mol. The van der Waals surface area contributed by atoms with E-state index in [-0.39, 0.29) is 10.6 Å². The van der Waals surface area contributed by atoms with Crippen molar-refractivity contribution in [1.29, 1.82) is 0 Å². The average Bonchev–Trinajstić information content (AvgIpc) is 2.71. The highest BCUT2D eigenvalue weighted by Gasteiger charge is 2.31. The van der Waals surface area contributed by atoms with E-state index in [4.69, 9.17) is 5.14 Å². The van der Waals surface area contributed by atoms with E-state index in [0.29, 0.717) is 33.4 Å². The van der Waals surface area contributed by atoms with Crippen LogP contribution in [-0.4, -0.2) is 29.7 Å². The van der Waals surface area contributed by atoms with E-state index in [1.54, 1.807) is 24.3 Å². The number of benzene rings is 1. The SMILES string of the molecule is NS(=O)(=O)c1cncc(-c2ccc3nccc(-c4cccc(OC(F)(F)F)c4)c3n2)c1. The van der Waals surface area contributed by atoms with Gasteiger partial charge in [0.05, 0.1) is 16.7 Å². The minimum atomic E-state index is -4.81. The van der Waals surface area contributed by atoms with Gasteiger partial charge < -0.3 is 4.74 Å². The first-order chi connectivity index (χ1) is 14.6. The second-order valence-electron chi connectivity index (χ2n) is 6.45. The number of hydrogen-bond acceptors (Lipinski definition) is 6. The van der Waals surface area contributed by atoms with Crippen LogP contribution in [-0.2, 0) is 10.0 Å². The summed E-state index contributed by atoms with van der Waals surface area (Å²) < 4.78 is 65.0. The van der Waals surface area contributed by atoms with Crippen LogP contribution in [0.2, 0.25) is 0 Å². The molecular formula is C20H13F3N4O3S. The van der Waals surface area contributed by atoms with Gasteiger partial charge >= 0.3 is 6.36 Å². The Labute approximate surface area is 174 Å². The van der Waals surface area contributed by atoms with E-state index >= 15 is 0 Å². The molecule has 0 saturated carbocycles. The van der Waals surface area contributed by atoms with Crippen molar-refractivity contribution < 1.29 is 26.3 Å². The van der Waals surface area contributed by atoms with E-state index in [1.165, 1.54) is 36.7 Å². The zero-order chi connectivity index (χ0) is 22.2. The van der Waals surface area contributed by atoms with Gasteiger partial charge in [-0.15, -0.1) is 13.2 Å². The first kappa shape index (κ1) is 20.7. The van der Waals surface area contributed by atoms with Gasteiger partial charge in [0.25, 0.3) is 0 Å². The lowest BCUT2D eigenvalue weighted by molar-refractivity contribution is -0.274.